The molecule has 9 heteroatoms. The van der Waals surface area contributed by atoms with E-state index in [0.717, 1.165) is 16.6 Å². The fourth-order valence-electron chi connectivity index (χ4n) is 3.51. The van der Waals surface area contributed by atoms with E-state index in [-0.39, 0.29) is 10.9 Å². The summed E-state index contributed by atoms with van der Waals surface area (Å²) in [5.74, 6) is 0.326. The smallest absolute Gasteiger partial charge is 0.240 e. The molecule has 2 atom stereocenters. The van der Waals surface area contributed by atoms with Crippen LogP contribution in [-0.4, -0.2) is 40.9 Å². The minimum Gasteiger partial charge on any atom is -0.393 e. The molecule has 1 aromatic carbocycles. The highest BCUT2D eigenvalue weighted by Crippen LogP contribution is 2.28. The number of aromatic nitrogens is 3. The van der Waals surface area contributed by atoms with Crippen LogP contribution in [0.15, 0.2) is 35.2 Å². The van der Waals surface area contributed by atoms with Crippen LogP contribution in [0.4, 0.5) is 5.82 Å². The third kappa shape index (κ3) is 3.41. The first kappa shape index (κ1) is 17.9. The molecule has 1 fully saturated rings. The molecule has 0 bridgehead atoms. The molecular formula is C18H21N5O3S. The number of rotatable bonds is 4. The van der Waals surface area contributed by atoms with Crippen LogP contribution in [0.3, 0.4) is 0 Å². The Balaban J connectivity index is 1.64. The number of nitrogens with one attached hydrogen (secondary N) is 2. The standard InChI is InChI=1S/C18H21N5O3S/c1-10-8-13(27(25,26)23-11-2-3-12(24)9-11)4-5-14(10)15-6-7-16-17(20-15)18(19)22-21-16/h4-8,11-12,23-24H,2-3,9H2,1H3,(H3,19,21,22). The van der Waals surface area contributed by atoms with Crippen molar-refractivity contribution in [1.29, 1.82) is 0 Å². The number of pyridine rings is 1. The zero-order valence-corrected chi connectivity index (χ0v) is 15.6. The number of aliphatic hydroxyl groups excluding tert-OH is 1. The van der Waals surface area contributed by atoms with E-state index in [2.05, 4.69) is 19.9 Å². The van der Waals surface area contributed by atoms with Gasteiger partial charge >= 0.3 is 0 Å². The van der Waals surface area contributed by atoms with Crippen molar-refractivity contribution >= 4 is 26.9 Å². The molecule has 0 spiro atoms. The molecule has 2 unspecified atom stereocenters. The van der Waals surface area contributed by atoms with Crippen molar-refractivity contribution in [3.05, 3.63) is 35.9 Å². The first-order valence-electron chi connectivity index (χ1n) is 8.75. The summed E-state index contributed by atoms with van der Waals surface area (Å²) < 4.78 is 28.0. The Bertz CT molecular complexity index is 1110. The lowest BCUT2D eigenvalue weighted by Gasteiger charge is -2.14. The average molecular weight is 387 g/mol. The third-order valence-corrected chi connectivity index (χ3v) is 6.46. The number of anilines is 1. The predicted octanol–water partition coefficient (Wildman–Crippen LogP) is 1.71. The van der Waals surface area contributed by atoms with Gasteiger partial charge in [0, 0.05) is 11.6 Å². The van der Waals surface area contributed by atoms with Crippen molar-refractivity contribution in [1.82, 2.24) is 19.9 Å². The second kappa shape index (κ2) is 6.59. The summed E-state index contributed by atoms with van der Waals surface area (Å²) in [6.07, 6.45) is 1.29. The number of aliphatic hydroxyl groups is 1. The van der Waals surface area contributed by atoms with E-state index in [0.29, 0.717) is 36.3 Å². The number of nitrogens with two attached hydrogens (primary N) is 1. The van der Waals surface area contributed by atoms with Crippen molar-refractivity contribution in [2.24, 2.45) is 0 Å². The van der Waals surface area contributed by atoms with Gasteiger partial charge in [0.25, 0.3) is 0 Å². The van der Waals surface area contributed by atoms with E-state index in [1.165, 1.54) is 0 Å². The molecular weight excluding hydrogens is 366 g/mol. The van der Waals surface area contributed by atoms with Gasteiger partial charge in [-0.15, -0.1) is 0 Å². The van der Waals surface area contributed by atoms with Gasteiger partial charge in [-0.2, -0.15) is 5.10 Å². The van der Waals surface area contributed by atoms with Crippen LogP contribution in [0, 0.1) is 6.92 Å². The first-order valence-corrected chi connectivity index (χ1v) is 10.2. The van der Waals surface area contributed by atoms with Crippen LogP contribution in [-0.2, 0) is 10.0 Å². The lowest BCUT2D eigenvalue weighted by Crippen LogP contribution is -2.33. The predicted molar refractivity (Wildman–Crippen MR) is 102 cm³/mol. The quantitative estimate of drug-likeness (QED) is 0.538. The molecule has 1 saturated carbocycles. The molecule has 2 aromatic heterocycles. The maximum atomic E-state index is 12.6. The summed E-state index contributed by atoms with van der Waals surface area (Å²) in [4.78, 5) is 4.74. The largest absolute Gasteiger partial charge is 0.393 e. The van der Waals surface area contributed by atoms with Crippen LogP contribution >= 0.6 is 0 Å². The van der Waals surface area contributed by atoms with Crippen molar-refractivity contribution in [3.63, 3.8) is 0 Å². The number of nitrogens with zero attached hydrogens (tertiary/aromatic N) is 2. The van der Waals surface area contributed by atoms with Crippen LogP contribution in [0.2, 0.25) is 0 Å². The lowest BCUT2D eigenvalue weighted by atomic mass is 10.1. The van der Waals surface area contributed by atoms with Gasteiger partial charge in [0.15, 0.2) is 5.82 Å². The number of hydrogen-bond donors (Lipinski definition) is 4. The molecule has 2 heterocycles. The fraction of sp³-hybridized carbons (Fsp3) is 0.333. The summed E-state index contributed by atoms with van der Waals surface area (Å²) in [5.41, 5.74) is 9.47. The second-order valence-electron chi connectivity index (χ2n) is 6.96. The normalized spacial score (nSPS) is 20.4. The Kier molecular flexibility index (Phi) is 4.37. The van der Waals surface area contributed by atoms with Crippen molar-refractivity contribution < 1.29 is 13.5 Å². The Morgan fingerprint density at radius 2 is 2.07 bits per heavy atom. The Morgan fingerprint density at radius 1 is 1.26 bits per heavy atom. The molecule has 0 radical (unpaired) electrons. The van der Waals surface area contributed by atoms with Gasteiger partial charge in [-0.25, -0.2) is 18.1 Å². The topological polar surface area (TPSA) is 134 Å². The number of fused-ring (bicyclic) bond motifs is 1. The van der Waals surface area contributed by atoms with Gasteiger partial charge in [0.05, 0.1) is 22.2 Å². The number of aryl methyl sites for hydroxylation is 1. The Morgan fingerprint density at radius 3 is 2.78 bits per heavy atom. The fourth-order valence-corrected chi connectivity index (χ4v) is 4.88. The van der Waals surface area contributed by atoms with Crippen LogP contribution < -0.4 is 10.5 Å². The molecule has 0 aliphatic heterocycles. The van der Waals surface area contributed by atoms with Gasteiger partial charge in [-0.1, -0.05) is 6.07 Å². The highest BCUT2D eigenvalue weighted by molar-refractivity contribution is 7.89. The molecule has 0 amide bonds. The molecule has 1 aliphatic rings. The van der Waals surface area contributed by atoms with Gasteiger partial charge in [0.2, 0.25) is 10.0 Å². The number of aromatic amines is 1. The van der Waals surface area contributed by atoms with Crippen molar-refractivity contribution in [3.8, 4) is 11.3 Å². The monoisotopic (exact) mass is 387 g/mol. The molecule has 8 nitrogen and oxygen atoms in total. The van der Waals surface area contributed by atoms with Gasteiger partial charge < -0.3 is 10.8 Å². The van der Waals surface area contributed by atoms with Crippen molar-refractivity contribution in [2.75, 3.05) is 5.73 Å². The van der Waals surface area contributed by atoms with Crippen LogP contribution in [0.1, 0.15) is 24.8 Å². The zero-order valence-electron chi connectivity index (χ0n) is 14.8. The summed E-state index contributed by atoms with van der Waals surface area (Å²) in [6, 6.07) is 8.41. The average Bonchev–Trinajstić information content (AvgIpc) is 3.20. The zero-order chi connectivity index (χ0) is 19.2. The minimum absolute atomic E-state index is 0.203. The van der Waals surface area contributed by atoms with E-state index in [9.17, 15) is 13.5 Å². The molecule has 142 valence electrons. The molecule has 4 rings (SSSR count). The number of H-pyrrole nitrogens is 1. The van der Waals surface area contributed by atoms with Gasteiger partial charge in [0.1, 0.15) is 5.52 Å². The van der Waals surface area contributed by atoms with E-state index >= 15 is 0 Å². The summed E-state index contributed by atoms with van der Waals surface area (Å²) in [5, 5.41) is 16.3. The number of nitrogen functional groups attached to an aromatic ring is 1. The third-order valence-electron chi connectivity index (χ3n) is 4.95. The summed E-state index contributed by atoms with van der Waals surface area (Å²) >= 11 is 0. The Labute approximate surface area is 156 Å². The van der Waals surface area contributed by atoms with E-state index in [4.69, 9.17) is 5.73 Å². The first-order chi connectivity index (χ1) is 12.8. The van der Waals surface area contributed by atoms with Crippen molar-refractivity contribution in [2.45, 2.75) is 43.2 Å². The highest BCUT2D eigenvalue weighted by atomic mass is 32.2. The molecule has 1 aliphatic carbocycles. The molecule has 3 aromatic rings. The SMILES string of the molecule is Cc1cc(S(=O)(=O)NC2CCC(O)C2)ccc1-c1ccc2[nH]nc(N)c2n1. The van der Waals surface area contributed by atoms with Crippen LogP contribution in [0.5, 0.6) is 0 Å². The maximum Gasteiger partial charge on any atom is 0.240 e. The van der Waals surface area contributed by atoms with Gasteiger partial charge in [-0.05, 0) is 56.0 Å². The highest BCUT2D eigenvalue weighted by Gasteiger charge is 2.27. The summed E-state index contributed by atoms with van der Waals surface area (Å²) in [6.45, 7) is 1.85. The number of benzene rings is 1. The van der Waals surface area contributed by atoms with E-state index in [1.54, 1.807) is 18.2 Å². The van der Waals surface area contributed by atoms with Crippen LogP contribution in [0.25, 0.3) is 22.3 Å². The van der Waals surface area contributed by atoms with E-state index < -0.39 is 16.1 Å². The molecule has 5 N–H and O–H groups in total. The minimum atomic E-state index is -3.64. The number of hydrogen-bond acceptors (Lipinski definition) is 6. The van der Waals surface area contributed by atoms with Gasteiger partial charge in [-0.3, -0.25) is 5.10 Å². The molecule has 0 saturated heterocycles. The summed E-state index contributed by atoms with van der Waals surface area (Å²) in [7, 11) is -3.64. The molecule has 27 heavy (non-hydrogen) atoms. The maximum absolute atomic E-state index is 12.6. The lowest BCUT2D eigenvalue weighted by molar-refractivity contribution is 0.181. The Hall–Kier alpha value is -2.49. The van der Waals surface area contributed by atoms with E-state index in [1.807, 2.05) is 19.1 Å². The second-order valence-corrected chi connectivity index (χ2v) is 8.68. The number of sulfonamides is 1.